The average Bonchev–Trinajstić information content (AvgIpc) is 2.48. The van der Waals surface area contributed by atoms with E-state index in [1.54, 1.807) is 30.0 Å². The second-order valence-electron chi connectivity index (χ2n) is 4.79. The van der Waals surface area contributed by atoms with E-state index < -0.39 is 24.5 Å². The van der Waals surface area contributed by atoms with E-state index >= 15 is 0 Å². The Balaban J connectivity index is 2.72. The molecule has 3 N–H and O–H groups in total. The summed E-state index contributed by atoms with van der Waals surface area (Å²) in [5.74, 6) is -1.28. The molecular weight excluding hydrogens is 304 g/mol. The summed E-state index contributed by atoms with van der Waals surface area (Å²) < 4.78 is 0. The lowest BCUT2D eigenvalue weighted by atomic mass is 10.1. The van der Waals surface area contributed by atoms with E-state index in [1.807, 2.05) is 19.2 Å². The van der Waals surface area contributed by atoms with Crippen LogP contribution in [0, 0.1) is 6.92 Å². The van der Waals surface area contributed by atoms with Crippen molar-refractivity contribution in [1.29, 1.82) is 0 Å². The maximum absolute atomic E-state index is 12.2. The van der Waals surface area contributed by atoms with Crippen LogP contribution in [0.3, 0.4) is 0 Å². The van der Waals surface area contributed by atoms with Crippen molar-refractivity contribution in [2.24, 2.45) is 0 Å². The minimum absolute atomic E-state index is 0.347. The van der Waals surface area contributed by atoms with Crippen molar-refractivity contribution in [3.8, 4) is 0 Å². The smallest absolute Gasteiger partial charge is 0.322 e. The minimum Gasteiger partial charge on any atom is -0.480 e. The Kier molecular flexibility index (Phi) is 7.45. The van der Waals surface area contributed by atoms with Crippen LogP contribution in [0.2, 0.25) is 0 Å². The molecule has 2 amide bonds. The van der Waals surface area contributed by atoms with Crippen LogP contribution >= 0.6 is 11.8 Å². The van der Waals surface area contributed by atoms with Crippen LogP contribution in [0.25, 0.3) is 0 Å². The Bertz CT molecular complexity index is 548. The molecule has 0 aromatic heterocycles. The maximum Gasteiger partial charge on any atom is 0.322 e. The Hall–Kier alpha value is -2.02. The molecule has 0 bridgehead atoms. The number of amides is 2. The third kappa shape index (κ3) is 6.17. The minimum atomic E-state index is -1.12. The number of rotatable bonds is 8. The molecule has 0 aliphatic heterocycles. The molecule has 1 rings (SSSR count). The molecule has 1 unspecified atom stereocenters. The Morgan fingerprint density at radius 3 is 2.64 bits per heavy atom. The van der Waals surface area contributed by atoms with Crippen molar-refractivity contribution in [2.75, 3.05) is 18.6 Å². The summed E-state index contributed by atoms with van der Waals surface area (Å²) in [6.07, 6.45) is 2.33. The highest BCUT2D eigenvalue weighted by atomic mass is 32.2. The largest absolute Gasteiger partial charge is 0.480 e. The van der Waals surface area contributed by atoms with Crippen LogP contribution in [0.1, 0.15) is 22.3 Å². The third-order valence-corrected chi connectivity index (χ3v) is 3.57. The molecule has 0 aliphatic carbocycles. The number of carboxylic acid groups (broad SMARTS) is 1. The highest BCUT2D eigenvalue weighted by Crippen LogP contribution is 2.06. The Labute approximate surface area is 133 Å². The molecule has 1 aromatic carbocycles. The molecule has 22 heavy (non-hydrogen) atoms. The van der Waals surface area contributed by atoms with Crippen molar-refractivity contribution < 1.29 is 19.5 Å². The van der Waals surface area contributed by atoms with Gasteiger partial charge in [0.2, 0.25) is 5.91 Å². The molecule has 1 aromatic rings. The van der Waals surface area contributed by atoms with Gasteiger partial charge in [-0.15, -0.1) is 0 Å². The zero-order valence-electron chi connectivity index (χ0n) is 12.6. The van der Waals surface area contributed by atoms with Gasteiger partial charge < -0.3 is 15.7 Å². The number of thioether (sulfide) groups is 1. The highest BCUT2D eigenvalue weighted by Gasteiger charge is 2.21. The summed E-state index contributed by atoms with van der Waals surface area (Å²) in [6, 6.07) is 6.30. The predicted molar refractivity (Wildman–Crippen MR) is 86.1 cm³/mol. The van der Waals surface area contributed by atoms with Gasteiger partial charge in [0.25, 0.3) is 5.91 Å². The standard InChI is InChI=1S/C15H20N2O4S/c1-10-4-3-5-11(8-10)14(20)17-12(6-7-22-2)15(21)16-9-13(18)19/h3-5,8,12H,6-7,9H2,1-2H3,(H,16,21)(H,17,20)(H,18,19). The number of carbonyl (C=O) groups is 3. The monoisotopic (exact) mass is 324 g/mol. The van der Waals surface area contributed by atoms with Gasteiger partial charge in [-0.1, -0.05) is 17.7 Å². The van der Waals surface area contributed by atoms with Crippen LogP contribution in [0.15, 0.2) is 24.3 Å². The first-order valence-corrected chi connectivity index (χ1v) is 8.19. The number of hydrogen-bond donors (Lipinski definition) is 3. The van der Waals surface area contributed by atoms with Gasteiger partial charge in [0, 0.05) is 5.56 Å². The lowest BCUT2D eigenvalue weighted by Gasteiger charge is -2.17. The van der Waals surface area contributed by atoms with E-state index in [2.05, 4.69) is 10.6 Å². The molecular formula is C15H20N2O4S. The van der Waals surface area contributed by atoms with Crippen molar-refractivity contribution in [3.63, 3.8) is 0 Å². The van der Waals surface area contributed by atoms with Crippen molar-refractivity contribution in [2.45, 2.75) is 19.4 Å². The summed E-state index contributed by atoms with van der Waals surface area (Å²) in [5, 5.41) is 13.6. The van der Waals surface area contributed by atoms with Crippen LogP contribution in [0.5, 0.6) is 0 Å². The van der Waals surface area contributed by atoms with Gasteiger partial charge >= 0.3 is 5.97 Å². The second kappa shape index (κ2) is 9.09. The van der Waals surface area contributed by atoms with Crippen molar-refractivity contribution >= 4 is 29.5 Å². The van der Waals surface area contributed by atoms with E-state index in [4.69, 9.17) is 5.11 Å². The van der Waals surface area contributed by atoms with Gasteiger partial charge in [0.1, 0.15) is 12.6 Å². The van der Waals surface area contributed by atoms with E-state index in [0.717, 1.165) is 5.56 Å². The van der Waals surface area contributed by atoms with Crippen molar-refractivity contribution in [3.05, 3.63) is 35.4 Å². The molecule has 0 spiro atoms. The highest BCUT2D eigenvalue weighted by molar-refractivity contribution is 7.98. The van der Waals surface area contributed by atoms with Crippen LogP contribution in [-0.4, -0.2) is 47.5 Å². The van der Waals surface area contributed by atoms with Gasteiger partial charge in [0.15, 0.2) is 0 Å². The Morgan fingerprint density at radius 2 is 2.05 bits per heavy atom. The first kappa shape index (κ1) is 18.0. The van der Waals surface area contributed by atoms with Crippen LogP contribution in [-0.2, 0) is 9.59 Å². The molecule has 0 heterocycles. The zero-order chi connectivity index (χ0) is 16.5. The summed E-state index contributed by atoms with van der Waals surface area (Å²) >= 11 is 1.55. The summed E-state index contributed by atoms with van der Waals surface area (Å²) in [4.78, 5) is 34.7. The zero-order valence-corrected chi connectivity index (χ0v) is 13.4. The van der Waals surface area contributed by atoms with Crippen LogP contribution < -0.4 is 10.6 Å². The fourth-order valence-corrected chi connectivity index (χ4v) is 2.29. The van der Waals surface area contributed by atoms with Gasteiger partial charge in [-0.3, -0.25) is 14.4 Å². The lowest BCUT2D eigenvalue weighted by Crippen LogP contribution is -2.48. The van der Waals surface area contributed by atoms with Gasteiger partial charge in [0.05, 0.1) is 0 Å². The van der Waals surface area contributed by atoms with E-state index in [-0.39, 0.29) is 5.91 Å². The summed E-state index contributed by atoms with van der Waals surface area (Å²) in [7, 11) is 0. The number of nitrogens with one attached hydrogen (secondary N) is 2. The topological polar surface area (TPSA) is 95.5 Å². The molecule has 1 atom stereocenters. The van der Waals surface area contributed by atoms with E-state index in [0.29, 0.717) is 17.7 Å². The predicted octanol–water partition coefficient (Wildman–Crippen LogP) is 1.05. The SMILES string of the molecule is CSCCC(NC(=O)c1cccc(C)c1)C(=O)NCC(=O)O. The lowest BCUT2D eigenvalue weighted by molar-refractivity contribution is -0.138. The fourth-order valence-electron chi connectivity index (χ4n) is 1.82. The molecule has 0 saturated heterocycles. The quantitative estimate of drug-likeness (QED) is 0.664. The number of carbonyl (C=O) groups excluding carboxylic acids is 2. The molecule has 120 valence electrons. The maximum atomic E-state index is 12.2. The third-order valence-electron chi connectivity index (χ3n) is 2.93. The summed E-state index contributed by atoms with van der Waals surface area (Å²) in [6.45, 7) is 1.41. The van der Waals surface area contributed by atoms with Gasteiger partial charge in [-0.25, -0.2) is 0 Å². The van der Waals surface area contributed by atoms with E-state index in [9.17, 15) is 14.4 Å². The average molecular weight is 324 g/mol. The first-order chi connectivity index (χ1) is 10.4. The Morgan fingerprint density at radius 1 is 1.32 bits per heavy atom. The number of aliphatic carboxylic acids is 1. The number of aryl methyl sites for hydroxylation is 1. The molecule has 0 fully saturated rings. The van der Waals surface area contributed by atoms with E-state index in [1.165, 1.54) is 0 Å². The molecule has 6 nitrogen and oxygen atoms in total. The molecule has 0 saturated carbocycles. The number of benzene rings is 1. The second-order valence-corrected chi connectivity index (χ2v) is 5.77. The van der Waals surface area contributed by atoms with Gasteiger partial charge in [-0.2, -0.15) is 11.8 Å². The molecule has 7 heteroatoms. The molecule has 0 aliphatic rings. The van der Waals surface area contributed by atoms with Gasteiger partial charge in [-0.05, 0) is 37.5 Å². The normalized spacial score (nSPS) is 11.5. The first-order valence-electron chi connectivity index (χ1n) is 6.80. The fraction of sp³-hybridized carbons (Fsp3) is 0.400. The number of carboxylic acids is 1. The summed E-state index contributed by atoms with van der Waals surface area (Å²) in [5.41, 5.74) is 1.42. The molecule has 0 radical (unpaired) electrons. The van der Waals surface area contributed by atoms with Crippen molar-refractivity contribution in [1.82, 2.24) is 10.6 Å². The van der Waals surface area contributed by atoms with Crippen LogP contribution in [0.4, 0.5) is 0 Å². The number of hydrogen-bond acceptors (Lipinski definition) is 4.